The molecule has 7 heteroatoms. The Kier molecular flexibility index (Phi) is 4.62. The van der Waals surface area contributed by atoms with E-state index in [-0.39, 0.29) is 10.3 Å². The zero-order chi connectivity index (χ0) is 16.7. The van der Waals surface area contributed by atoms with E-state index >= 15 is 0 Å². The summed E-state index contributed by atoms with van der Waals surface area (Å²) in [6.45, 7) is 0.832. The highest BCUT2D eigenvalue weighted by atomic mass is 35.5. The van der Waals surface area contributed by atoms with E-state index in [4.69, 9.17) is 16.3 Å². The van der Waals surface area contributed by atoms with Crippen molar-refractivity contribution in [3.05, 3.63) is 23.2 Å². The number of halogens is 1. The van der Waals surface area contributed by atoms with Gasteiger partial charge in [-0.2, -0.15) is 4.31 Å². The van der Waals surface area contributed by atoms with E-state index in [1.807, 2.05) is 0 Å². The quantitative estimate of drug-likeness (QED) is 0.901. The Bertz CT molecular complexity index is 693. The molecule has 1 aliphatic carbocycles. The molecule has 0 aromatic heterocycles. The molecule has 5 nitrogen and oxygen atoms in total. The fourth-order valence-corrected chi connectivity index (χ4v) is 5.90. The van der Waals surface area contributed by atoms with Gasteiger partial charge in [-0.05, 0) is 43.9 Å². The summed E-state index contributed by atoms with van der Waals surface area (Å²) in [6.07, 6.45) is 3.82. The van der Waals surface area contributed by atoms with Crippen molar-refractivity contribution in [1.82, 2.24) is 4.31 Å². The van der Waals surface area contributed by atoms with Gasteiger partial charge in [0.25, 0.3) is 0 Å². The Labute approximate surface area is 142 Å². The number of nitrogens with zero attached hydrogens (tertiary/aromatic N) is 1. The maximum Gasteiger partial charge on any atom is 0.246 e. The standard InChI is InChI=1S/C16H22ClNO4S/c1-22-13-6-5-12(17)10-14(13)23(20,21)18-9-3-8-16(11-18)7-2-4-15(16)19/h5-6,10,15,19H,2-4,7-9,11H2,1H3/t15-,16-/m1/s1. The minimum atomic E-state index is -3.70. The van der Waals surface area contributed by atoms with Crippen molar-refractivity contribution < 1.29 is 18.3 Å². The third-order valence-electron chi connectivity index (χ3n) is 5.18. The summed E-state index contributed by atoms with van der Waals surface area (Å²) >= 11 is 5.98. The van der Waals surface area contributed by atoms with Gasteiger partial charge in [-0.3, -0.25) is 0 Å². The fourth-order valence-electron chi connectivity index (χ4n) is 3.91. The number of aliphatic hydroxyl groups is 1. The van der Waals surface area contributed by atoms with Crippen LogP contribution in [0.15, 0.2) is 23.1 Å². The van der Waals surface area contributed by atoms with Crippen LogP contribution in [-0.2, 0) is 10.0 Å². The molecule has 1 spiro atoms. The van der Waals surface area contributed by atoms with E-state index < -0.39 is 16.1 Å². The highest BCUT2D eigenvalue weighted by Crippen LogP contribution is 2.46. The van der Waals surface area contributed by atoms with Crippen LogP contribution in [0.4, 0.5) is 0 Å². The smallest absolute Gasteiger partial charge is 0.246 e. The third-order valence-corrected chi connectivity index (χ3v) is 7.28. The number of hydrogen-bond acceptors (Lipinski definition) is 4. The molecule has 128 valence electrons. The summed E-state index contributed by atoms with van der Waals surface area (Å²) < 4.78 is 32.8. The van der Waals surface area contributed by atoms with Crippen LogP contribution in [0, 0.1) is 5.41 Å². The van der Waals surface area contributed by atoms with Crippen LogP contribution in [0.25, 0.3) is 0 Å². The number of sulfonamides is 1. The molecule has 1 aliphatic heterocycles. The van der Waals surface area contributed by atoms with E-state index in [0.717, 1.165) is 32.1 Å². The Hall–Kier alpha value is -0.820. The molecule has 1 heterocycles. The second-order valence-corrected chi connectivity index (χ2v) is 8.85. The van der Waals surface area contributed by atoms with E-state index in [1.165, 1.54) is 17.5 Å². The average molecular weight is 360 g/mol. The van der Waals surface area contributed by atoms with Crippen LogP contribution in [-0.4, -0.2) is 44.1 Å². The minimum Gasteiger partial charge on any atom is -0.495 e. The first kappa shape index (κ1) is 17.0. The fraction of sp³-hybridized carbons (Fsp3) is 0.625. The average Bonchev–Trinajstić information content (AvgIpc) is 2.87. The van der Waals surface area contributed by atoms with Gasteiger partial charge in [-0.15, -0.1) is 0 Å². The van der Waals surface area contributed by atoms with E-state index in [1.54, 1.807) is 12.1 Å². The van der Waals surface area contributed by atoms with E-state index in [0.29, 0.717) is 23.9 Å². The molecule has 3 rings (SSSR count). The molecule has 2 aliphatic rings. The number of piperidine rings is 1. The van der Waals surface area contributed by atoms with E-state index in [2.05, 4.69) is 0 Å². The molecule has 2 atom stereocenters. The summed E-state index contributed by atoms with van der Waals surface area (Å²) in [6, 6.07) is 4.61. The third kappa shape index (κ3) is 2.97. The van der Waals surface area contributed by atoms with Gasteiger partial charge >= 0.3 is 0 Å². The molecule has 0 unspecified atom stereocenters. The van der Waals surface area contributed by atoms with Crippen molar-refractivity contribution >= 4 is 21.6 Å². The lowest BCUT2D eigenvalue weighted by atomic mass is 9.77. The van der Waals surface area contributed by atoms with Crippen LogP contribution in [0.1, 0.15) is 32.1 Å². The molecule has 0 amide bonds. The highest BCUT2D eigenvalue weighted by molar-refractivity contribution is 7.89. The number of aliphatic hydroxyl groups excluding tert-OH is 1. The first-order valence-corrected chi connectivity index (χ1v) is 9.73. The molecule has 1 N–H and O–H groups in total. The largest absolute Gasteiger partial charge is 0.495 e. The van der Waals surface area contributed by atoms with Gasteiger partial charge in [0.05, 0.1) is 13.2 Å². The lowest BCUT2D eigenvalue weighted by Gasteiger charge is -2.41. The van der Waals surface area contributed by atoms with Crippen LogP contribution < -0.4 is 4.74 Å². The van der Waals surface area contributed by atoms with Crippen molar-refractivity contribution in [3.8, 4) is 5.75 Å². The maximum absolute atomic E-state index is 13.1. The summed E-state index contributed by atoms with van der Waals surface area (Å²) in [5.41, 5.74) is -0.295. The van der Waals surface area contributed by atoms with Crippen LogP contribution in [0.5, 0.6) is 5.75 Å². The lowest BCUT2D eigenvalue weighted by molar-refractivity contribution is 0.0126. The van der Waals surface area contributed by atoms with Gasteiger partial charge < -0.3 is 9.84 Å². The Morgan fingerprint density at radius 2 is 2.09 bits per heavy atom. The predicted molar refractivity (Wildman–Crippen MR) is 88.3 cm³/mol. The number of methoxy groups -OCH3 is 1. The number of hydrogen-bond donors (Lipinski definition) is 1. The summed E-state index contributed by atoms with van der Waals surface area (Å²) in [4.78, 5) is 0.0945. The van der Waals surface area contributed by atoms with E-state index in [9.17, 15) is 13.5 Å². The monoisotopic (exact) mass is 359 g/mol. The van der Waals surface area contributed by atoms with Crippen LogP contribution in [0.3, 0.4) is 0 Å². The Morgan fingerprint density at radius 3 is 2.74 bits per heavy atom. The molecule has 1 saturated heterocycles. The lowest BCUT2D eigenvalue weighted by Crippen LogP contribution is -2.49. The Morgan fingerprint density at radius 1 is 1.35 bits per heavy atom. The first-order chi connectivity index (χ1) is 10.9. The molecule has 1 aromatic carbocycles. The van der Waals surface area contributed by atoms with Crippen LogP contribution >= 0.6 is 11.6 Å². The molecule has 0 radical (unpaired) electrons. The molecule has 0 bridgehead atoms. The topological polar surface area (TPSA) is 66.8 Å². The molecule has 1 saturated carbocycles. The predicted octanol–water partition coefficient (Wildman–Crippen LogP) is 2.66. The maximum atomic E-state index is 13.1. The highest BCUT2D eigenvalue weighted by Gasteiger charge is 2.47. The number of benzene rings is 1. The molecular formula is C16H22ClNO4S. The van der Waals surface area contributed by atoms with Crippen LogP contribution in [0.2, 0.25) is 5.02 Å². The summed E-state index contributed by atoms with van der Waals surface area (Å²) in [7, 11) is -2.26. The number of ether oxygens (including phenoxy) is 1. The summed E-state index contributed by atoms with van der Waals surface area (Å²) in [5, 5.41) is 10.7. The Balaban J connectivity index is 1.95. The van der Waals surface area contributed by atoms with Gasteiger partial charge in [-0.1, -0.05) is 18.0 Å². The number of rotatable bonds is 3. The van der Waals surface area contributed by atoms with Crippen molar-refractivity contribution in [3.63, 3.8) is 0 Å². The van der Waals surface area contributed by atoms with Crippen molar-refractivity contribution in [1.29, 1.82) is 0 Å². The van der Waals surface area contributed by atoms with Gasteiger partial charge in [0.15, 0.2) is 0 Å². The molecule has 23 heavy (non-hydrogen) atoms. The van der Waals surface area contributed by atoms with Gasteiger partial charge in [0.2, 0.25) is 10.0 Å². The normalized spacial score (nSPS) is 29.1. The van der Waals surface area contributed by atoms with Gasteiger partial charge in [0.1, 0.15) is 10.6 Å². The van der Waals surface area contributed by atoms with Crippen molar-refractivity contribution in [2.45, 2.75) is 43.1 Å². The second kappa shape index (κ2) is 6.24. The van der Waals surface area contributed by atoms with Gasteiger partial charge in [0, 0.05) is 23.5 Å². The zero-order valence-corrected chi connectivity index (χ0v) is 14.7. The second-order valence-electron chi connectivity index (χ2n) is 6.51. The first-order valence-electron chi connectivity index (χ1n) is 7.91. The molecule has 2 fully saturated rings. The molecular weight excluding hydrogens is 338 g/mol. The molecule has 1 aromatic rings. The minimum absolute atomic E-state index is 0.0945. The van der Waals surface area contributed by atoms with Crippen molar-refractivity contribution in [2.24, 2.45) is 5.41 Å². The van der Waals surface area contributed by atoms with Gasteiger partial charge in [-0.25, -0.2) is 8.42 Å². The summed E-state index contributed by atoms with van der Waals surface area (Å²) in [5.74, 6) is 0.293. The zero-order valence-electron chi connectivity index (χ0n) is 13.2. The SMILES string of the molecule is COc1ccc(Cl)cc1S(=O)(=O)N1CCC[C@]2(CCC[C@H]2O)C1. The van der Waals surface area contributed by atoms with Crippen molar-refractivity contribution in [2.75, 3.05) is 20.2 Å².